The van der Waals surface area contributed by atoms with Crippen LogP contribution in [-0.4, -0.2) is 49.6 Å². The van der Waals surface area contributed by atoms with E-state index >= 15 is 0 Å². The summed E-state index contributed by atoms with van der Waals surface area (Å²) < 4.78 is 5.49. The Balaban J connectivity index is 2.77. The summed E-state index contributed by atoms with van der Waals surface area (Å²) in [6.07, 6.45) is 1.21. The van der Waals surface area contributed by atoms with Gasteiger partial charge in [0, 0.05) is 39.7 Å². The molecular weight excluding hydrogens is 220 g/mol. The molecule has 1 aliphatic heterocycles. The van der Waals surface area contributed by atoms with E-state index in [1.807, 2.05) is 0 Å². The van der Waals surface area contributed by atoms with Crippen LogP contribution in [0.1, 0.15) is 19.8 Å². The number of rotatable bonds is 3. The maximum absolute atomic E-state index is 11.6. The van der Waals surface area contributed by atoms with Crippen molar-refractivity contribution in [2.45, 2.75) is 25.4 Å². The van der Waals surface area contributed by atoms with Crippen LogP contribution in [0.2, 0.25) is 0 Å². The molecule has 0 spiro atoms. The van der Waals surface area contributed by atoms with Gasteiger partial charge < -0.3 is 15.0 Å². The molecule has 1 fully saturated rings. The molecule has 0 atom stereocenters. The van der Waals surface area contributed by atoms with E-state index in [0.717, 1.165) is 0 Å². The van der Waals surface area contributed by atoms with Gasteiger partial charge in [-0.05, 0) is 12.8 Å². The molecule has 0 unspecified atom stereocenters. The summed E-state index contributed by atoms with van der Waals surface area (Å²) >= 11 is 0. The molecule has 0 aromatic carbocycles. The number of ether oxygens (including phenoxy) is 1. The molecule has 0 aromatic rings. The summed E-state index contributed by atoms with van der Waals surface area (Å²) in [6, 6.07) is 0. The zero-order valence-electron chi connectivity index (χ0n) is 10.7. The highest BCUT2D eigenvalue weighted by Gasteiger charge is 2.40. The molecule has 2 amide bonds. The highest BCUT2D eigenvalue weighted by atomic mass is 16.5. The smallest absolute Gasteiger partial charge is 0.249 e. The second kappa shape index (κ2) is 5.31. The lowest BCUT2D eigenvalue weighted by atomic mass is 9.84. The number of likely N-dealkylation sites (tertiary alicyclic amines) is 1. The van der Waals surface area contributed by atoms with Gasteiger partial charge in [0.1, 0.15) is 5.60 Å². The van der Waals surface area contributed by atoms with E-state index in [1.54, 1.807) is 26.0 Å². The van der Waals surface area contributed by atoms with E-state index in [-0.39, 0.29) is 11.8 Å². The lowest BCUT2D eigenvalue weighted by Crippen LogP contribution is -2.50. The first-order chi connectivity index (χ1) is 7.96. The van der Waals surface area contributed by atoms with Crippen molar-refractivity contribution in [2.75, 3.05) is 27.2 Å². The van der Waals surface area contributed by atoms with Gasteiger partial charge in [0.15, 0.2) is 0 Å². The molecule has 5 heteroatoms. The van der Waals surface area contributed by atoms with Crippen molar-refractivity contribution in [3.05, 3.63) is 12.2 Å². The summed E-state index contributed by atoms with van der Waals surface area (Å²) in [6.45, 7) is 6.56. The van der Waals surface area contributed by atoms with Gasteiger partial charge in [-0.1, -0.05) is 6.58 Å². The largest absolute Gasteiger partial charge is 0.373 e. The van der Waals surface area contributed by atoms with Gasteiger partial charge in [-0.2, -0.15) is 0 Å². The predicted octanol–water partition coefficient (Wildman–Crippen LogP) is 0.316. The quantitative estimate of drug-likeness (QED) is 0.723. The van der Waals surface area contributed by atoms with Crippen LogP contribution < -0.4 is 5.32 Å². The summed E-state index contributed by atoms with van der Waals surface area (Å²) in [5.74, 6) is -0.150. The maximum Gasteiger partial charge on any atom is 0.249 e. The number of carbonyl (C=O) groups excluding carboxylic acids is 2. The van der Waals surface area contributed by atoms with Gasteiger partial charge >= 0.3 is 0 Å². The van der Waals surface area contributed by atoms with E-state index in [1.165, 1.54) is 0 Å². The molecule has 0 aliphatic carbocycles. The normalized spacial score (nSPS) is 18.6. The first kappa shape index (κ1) is 13.7. The average Bonchev–Trinajstić information content (AvgIpc) is 2.36. The fourth-order valence-corrected chi connectivity index (χ4v) is 2.17. The van der Waals surface area contributed by atoms with Crippen molar-refractivity contribution in [3.63, 3.8) is 0 Å². The fraction of sp³-hybridized carbons (Fsp3) is 0.667. The molecule has 0 aromatic heterocycles. The predicted molar refractivity (Wildman–Crippen MR) is 64.4 cm³/mol. The molecule has 1 heterocycles. The number of methoxy groups -OCH3 is 1. The Morgan fingerprint density at radius 1 is 1.35 bits per heavy atom. The molecule has 1 rings (SSSR count). The Morgan fingerprint density at radius 3 is 2.24 bits per heavy atom. The summed E-state index contributed by atoms with van der Waals surface area (Å²) in [7, 11) is 3.15. The standard InChI is InChI=1S/C12H20N2O3/c1-9(11(16)13-3)12(17-4)5-7-14(8-6-12)10(2)15/h1,5-8H2,2-4H3,(H,13,16). The summed E-state index contributed by atoms with van der Waals surface area (Å²) in [5, 5.41) is 2.56. The minimum absolute atomic E-state index is 0.0558. The number of hydrogen-bond acceptors (Lipinski definition) is 3. The van der Waals surface area contributed by atoms with Gasteiger partial charge in [-0.3, -0.25) is 9.59 Å². The molecule has 0 bridgehead atoms. The van der Waals surface area contributed by atoms with E-state index in [9.17, 15) is 9.59 Å². The van der Waals surface area contributed by atoms with Crippen LogP contribution >= 0.6 is 0 Å². The topological polar surface area (TPSA) is 58.6 Å². The lowest BCUT2D eigenvalue weighted by molar-refractivity contribution is -0.133. The average molecular weight is 240 g/mol. The van der Waals surface area contributed by atoms with Gasteiger partial charge in [0.05, 0.1) is 0 Å². The first-order valence-electron chi connectivity index (χ1n) is 5.69. The number of likely N-dealkylation sites (N-methyl/N-ethyl adjacent to an activating group) is 1. The molecule has 0 saturated carbocycles. The third kappa shape index (κ3) is 2.66. The van der Waals surface area contributed by atoms with Crippen molar-refractivity contribution in [1.29, 1.82) is 0 Å². The van der Waals surface area contributed by atoms with E-state index in [2.05, 4.69) is 11.9 Å². The van der Waals surface area contributed by atoms with Gasteiger partial charge in [0.2, 0.25) is 11.8 Å². The van der Waals surface area contributed by atoms with Crippen LogP contribution in [0.4, 0.5) is 0 Å². The number of nitrogens with one attached hydrogen (secondary N) is 1. The van der Waals surface area contributed by atoms with Crippen LogP contribution in [-0.2, 0) is 14.3 Å². The minimum Gasteiger partial charge on any atom is -0.373 e. The molecule has 5 nitrogen and oxygen atoms in total. The maximum atomic E-state index is 11.6. The first-order valence-corrected chi connectivity index (χ1v) is 5.69. The van der Waals surface area contributed by atoms with E-state index in [0.29, 0.717) is 31.5 Å². The molecule has 0 radical (unpaired) electrons. The van der Waals surface area contributed by atoms with Crippen molar-refractivity contribution in [1.82, 2.24) is 10.2 Å². The second-order valence-corrected chi connectivity index (χ2v) is 4.26. The molecular formula is C12H20N2O3. The number of amides is 2. The Hall–Kier alpha value is -1.36. The van der Waals surface area contributed by atoms with Crippen LogP contribution in [0.5, 0.6) is 0 Å². The van der Waals surface area contributed by atoms with Gasteiger partial charge in [0.25, 0.3) is 0 Å². The Morgan fingerprint density at radius 2 is 1.88 bits per heavy atom. The van der Waals surface area contributed by atoms with Crippen molar-refractivity contribution >= 4 is 11.8 Å². The zero-order valence-corrected chi connectivity index (χ0v) is 10.7. The van der Waals surface area contributed by atoms with Gasteiger partial charge in [-0.15, -0.1) is 0 Å². The highest BCUT2D eigenvalue weighted by molar-refractivity contribution is 5.94. The van der Waals surface area contributed by atoms with Crippen molar-refractivity contribution in [3.8, 4) is 0 Å². The Labute approximate surface area is 102 Å². The third-order valence-corrected chi connectivity index (χ3v) is 3.46. The molecule has 1 aliphatic rings. The Kier molecular flexibility index (Phi) is 4.28. The summed E-state index contributed by atoms with van der Waals surface area (Å²) in [5.41, 5.74) is -0.197. The molecule has 1 N–H and O–H groups in total. The summed E-state index contributed by atoms with van der Waals surface area (Å²) in [4.78, 5) is 24.6. The van der Waals surface area contributed by atoms with E-state index < -0.39 is 5.60 Å². The minimum atomic E-state index is -0.633. The molecule has 1 saturated heterocycles. The molecule has 17 heavy (non-hydrogen) atoms. The number of nitrogens with zero attached hydrogens (tertiary/aromatic N) is 1. The second-order valence-electron chi connectivity index (χ2n) is 4.26. The monoisotopic (exact) mass is 240 g/mol. The zero-order chi connectivity index (χ0) is 13.1. The van der Waals surface area contributed by atoms with Crippen molar-refractivity contribution in [2.24, 2.45) is 0 Å². The fourth-order valence-electron chi connectivity index (χ4n) is 2.17. The van der Waals surface area contributed by atoms with Crippen LogP contribution in [0.25, 0.3) is 0 Å². The Bertz CT molecular complexity index is 331. The number of hydrogen-bond donors (Lipinski definition) is 1. The number of carbonyl (C=O) groups is 2. The van der Waals surface area contributed by atoms with E-state index in [4.69, 9.17) is 4.74 Å². The lowest BCUT2D eigenvalue weighted by Gasteiger charge is -2.41. The third-order valence-electron chi connectivity index (χ3n) is 3.46. The van der Waals surface area contributed by atoms with Crippen LogP contribution in [0.15, 0.2) is 12.2 Å². The van der Waals surface area contributed by atoms with Crippen LogP contribution in [0, 0.1) is 0 Å². The number of piperidine rings is 1. The highest BCUT2D eigenvalue weighted by Crippen LogP contribution is 2.32. The van der Waals surface area contributed by atoms with Gasteiger partial charge in [-0.25, -0.2) is 0 Å². The molecule has 96 valence electrons. The SMILES string of the molecule is C=C(C(=O)NC)C1(OC)CCN(C(C)=O)CC1. The van der Waals surface area contributed by atoms with Crippen LogP contribution in [0.3, 0.4) is 0 Å². The van der Waals surface area contributed by atoms with Crippen molar-refractivity contribution < 1.29 is 14.3 Å².